The van der Waals surface area contributed by atoms with Gasteiger partial charge in [-0.3, -0.25) is 4.90 Å². The predicted octanol–water partition coefficient (Wildman–Crippen LogP) is 3.51. The minimum Gasteiger partial charge on any atom is -0.308 e. The summed E-state index contributed by atoms with van der Waals surface area (Å²) in [7, 11) is 1.67. The van der Waals surface area contributed by atoms with Crippen LogP contribution in [0.25, 0.3) is 0 Å². The second-order valence-electron chi connectivity index (χ2n) is 3.69. The van der Waals surface area contributed by atoms with Gasteiger partial charge in [0.1, 0.15) is 5.82 Å². The smallest absolute Gasteiger partial charge is 0.308 e. The summed E-state index contributed by atoms with van der Waals surface area (Å²) in [5, 5.41) is 2.79. The molecule has 0 spiro atoms. The molecule has 1 N–H and O–H groups in total. The number of hydrogen-bond donors (Lipinski definition) is 1. The number of pyridine rings is 1. The highest BCUT2D eigenvalue weighted by molar-refractivity contribution is 9.10. The monoisotopic (exact) mass is 305 g/mol. The minimum absolute atomic E-state index is 0.230. The number of para-hydroxylation sites is 1. The van der Waals surface area contributed by atoms with Crippen LogP contribution < -0.4 is 10.2 Å². The average Bonchev–Trinajstić information content (AvgIpc) is 2.39. The summed E-state index contributed by atoms with van der Waals surface area (Å²) in [6.45, 7) is 0. The molecule has 1 aromatic heterocycles. The Hall–Kier alpha value is -1.88. The summed E-state index contributed by atoms with van der Waals surface area (Å²) in [6.07, 6.45) is 1.64. The van der Waals surface area contributed by atoms with E-state index in [4.69, 9.17) is 0 Å². The molecule has 2 amide bonds. The zero-order chi connectivity index (χ0) is 13.0. The van der Waals surface area contributed by atoms with E-state index in [0.29, 0.717) is 5.82 Å². The van der Waals surface area contributed by atoms with Crippen molar-refractivity contribution in [2.24, 2.45) is 0 Å². The number of carbonyl (C=O) groups excluding carboxylic acids is 1. The van der Waals surface area contributed by atoms with Gasteiger partial charge in [0.2, 0.25) is 0 Å². The number of benzene rings is 1. The Morgan fingerprint density at radius 2 is 2.00 bits per heavy atom. The van der Waals surface area contributed by atoms with Crippen LogP contribution in [-0.2, 0) is 0 Å². The van der Waals surface area contributed by atoms with Crippen molar-refractivity contribution in [2.45, 2.75) is 0 Å². The van der Waals surface area contributed by atoms with Crippen molar-refractivity contribution in [3.63, 3.8) is 0 Å². The Morgan fingerprint density at radius 1 is 1.28 bits per heavy atom. The largest absolute Gasteiger partial charge is 0.327 e. The van der Waals surface area contributed by atoms with E-state index in [1.165, 1.54) is 4.90 Å². The molecule has 4 nitrogen and oxygen atoms in total. The number of urea groups is 1. The fourth-order valence-corrected chi connectivity index (χ4v) is 1.73. The first kappa shape index (κ1) is 12.6. The van der Waals surface area contributed by atoms with E-state index in [1.54, 1.807) is 19.3 Å². The van der Waals surface area contributed by atoms with Gasteiger partial charge >= 0.3 is 6.03 Å². The van der Waals surface area contributed by atoms with E-state index in [9.17, 15) is 4.79 Å². The summed E-state index contributed by atoms with van der Waals surface area (Å²) < 4.78 is 0.881. The number of aromatic nitrogens is 1. The maximum absolute atomic E-state index is 12.0. The van der Waals surface area contributed by atoms with Gasteiger partial charge in [-0.1, -0.05) is 34.1 Å². The van der Waals surface area contributed by atoms with Crippen molar-refractivity contribution in [1.82, 2.24) is 4.98 Å². The van der Waals surface area contributed by atoms with Gasteiger partial charge in [-0.15, -0.1) is 0 Å². The molecular weight excluding hydrogens is 294 g/mol. The number of anilines is 2. The molecule has 0 aliphatic rings. The van der Waals surface area contributed by atoms with Gasteiger partial charge in [-0.05, 0) is 24.3 Å². The van der Waals surface area contributed by atoms with Crippen molar-refractivity contribution in [3.8, 4) is 0 Å². The molecule has 92 valence electrons. The van der Waals surface area contributed by atoms with Crippen LogP contribution in [0.15, 0.2) is 53.1 Å². The summed E-state index contributed by atoms with van der Waals surface area (Å²) in [6, 6.07) is 12.7. The number of nitrogens with one attached hydrogen (secondary N) is 1. The summed E-state index contributed by atoms with van der Waals surface area (Å²) in [5.41, 5.74) is 0.754. The summed E-state index contributed by atoms with van der Waals surface area (Å²) in [5.74, 6) is 0.581. The van der Waals surface area contributed by atoms with Crippen LogP contribution in [-0.4, -0.2) is 18.1 Å². The first-order chi connectivity index (χ1) is 8.66. The number of hydrogen-bond acceptors (Lipinski definition) is 2. The molecule has 5 heteroatoms. The second-order valence-corrected chi connectivity index (χ2v) is 4.60. The molecule has 0 bridgehead atoms. The Bertz CT molecular complexity index is 545. The zero-order valence-corrected chi connectivity index (χ0v) is 11.4. The van der Waals surface area contributed by atoms with E-state index in [2.05, 4.69) is 26.2 Å². The Labute approximate surface area is 114 Å². The molecule has 0 aliphatic heterocycles. The van der Waals surface area contributed by atoms with Crippen LogP contribution in [0.4, 0.5) is 16.3 Å². The van der Waals surface area contributed by atoms with Crippen molar-refractivity contribution in [1.29, 1.82) is 0 Å². The molecule has 0 atom stereocenters. The molecule has 0 radical (unpaired) electrons. The third-order valence-electron chi connectivity index (χ3n) is 2.38. The van der Waals surface area contributed by atoms with Crippen molar-refractivity contribution in [2.75, 3.05) is 17.3 Å². The van der Waals surface area contributed by atoms with Gasteiger partial charge in [0.05, 0.1) is 0 Å². The van der Waals surface area contributed by atoms with Crippen LogP contribution in [0.2, 0.25) is 0 Å². The van der Waals surface area contributed by atoms with Crippen molar-refractivity contribution in [3.05, 3.63) is 53.1 Å². The average molecular weight is 306 g/mol. The lowest BCUT2D eigenvalue weighted by Crippen LogP contribution is -2.31. The number of nitrogens with zero attached hydrogens (tertiary/aromatic N) is 2. The Balaban J connectivity index is 2.10. The molecule has 0 saturated heterocycles. The number of halogens is 1. The van der Waals surface area contributed by atoms with Crippen LogP contribution >= 0.6 is 15.9 Å². The first-order valence-corrected chi connectivity index (χ1v) is 6.17. The Morgan fingerprint density at radius 3 is 2.67 bits per heavy atom. The number of carbonyl (C=O) groups is 1. The minimum atomic E-state index is -0.230. The maximum atomic E-state index is 12.0. The maximum Gasteiger partial charge on any atom is 0.327 e. The van der Waals surface area contributed by atoms with Crippen molar-refractivity contribution >= 4 is 33.5 Å². The molecule has 2 aromatic rings. The van der Waals surface area contributed by atoms with Gasteiger partial charge in [0.25, 0.3) is 0 Å². The summed E-state index contributed by atoms with van der Waals surface area (Å²) in [4.78, 5) is 17.6. The molecule has 0 saturated carbocycles. The number of amides is 2. The van der Waals surface area contributed by atoms with Gasteiger partial charge in [-0.25, -0.2) is 9.78 Å². The second kappa shape index (κ2) is 5.64. The molecular formula is C13H12BrN3O. The predicted molar refractivity (Wildman–Crippen MR) is 75.8 cm³/mol. The summed E-state index contributed by atoms with van der Waals surface area (Å²) >= 11 is 3.35. The molecule has 2 rings (SSSR count). The lowest BCUT2D eigenvalue weighted by molar-refractivity contribution is 0.258. The van der Waals surface area contributed by atoms with E-state index in [0.717, 1.165) is 10.2 Å². The molecule has 18 heavy (non-hydrogen) atoms. The topological polar surface area (TPSA) is 45.2 Å². The zero-order valence-electron chi connectivity index (χ0n) is 9.80. The van der Waals surface area contributed by atoms with Gasteiger partial charge < -0.3 is 5.32 Å². The van der Waals surface area contributed by atoms with Crippen LogP contribution in [0.3, 0.4) is 0 Å². The molecule has 0 fully saturated rings. The van der Waals surface area contributed by atoms with Crippen molar-refractivity contribution < 1.29 is 4.79 Å². The van der Waals surface area contributed by atoms with Crippen LogP contribution in [0.5, 0.6) is 0 Å². The highest BCUT2D eigenvalue weighted by Crippen LogP contribution is 2.16. The lowest BCUT2D eigenvalue weighted by Gasteiger charge is -2.17. The van der Waals surface area contributed by atoms with Gasteiger partial charge in [0, 0.05) is 23.4 Å². The molecule has 0 unspecified atom stereocenters. The fraction of sp³-hybridized carbons (Fsp3) is 0.0769. The van der Waals surface area contributed by atoms with Gasteiger partial charge in [-0.2, -0.15) is 0 Å². The fourth-order valence-electron chi connectivity index (χ4n) is 1.41. The number of rotatable bonds is 2. The normalized spacial score (nSPS) is 9.89. The highest BCUT2D eigenvalue weighted by Gasteiger charge is 2.11. The SMILES string of the molecule is CN(C(=O)Nc1ccccc1)c1cc(Br)ccn1. The highest BCUT2D eigenvalue weighted by atomic mass is 79.9. The van der Waals surface area contributed by atoms with E-state index in [1.807, 2.05) is 36.4 Å². The van der Waals surface area contributed by atoms with Gasteiger partial charge in [0.15, 0.2) is 0 Å². The third kappa shape index (κ3) is 3.07. The molecule has 1 heterocycles. The van der Waals surface area contributed by atoms with E-state index in [-0.39, 0.29) is 6.03 Å². The lowest BCUT2D eigenvalue weighted by atomic mass is 10.3. The first-order valence-electron chi connectivity index (χ1n) is 5.38. The van der Waals surface area contributed by atoms with E-state index >= 15 is 0 Å². The third-order valence-corrected chi connectivity index (χ3v) is 2.87. The van der Waals surface area contributed by atoms with E-state index < -0.39 is 0 Å². The molecule has 1 aromatic carbocycles. The van der Waals surface area contributed by atoms with Crippen LogP contribution in [0, 0.1) is 0 Å². The Kier molecular flexibility index (Phi) is 3.94. The molecule has 0 aliphatic carbocycles. The standard InChI is InChI=1S/C13H12BrN3O/c1-17(12-9-10(14)7-8-15-12)13(18)16-11-5-3-2-4-6-11/h2-9H,1H3,(H,16,18). The van der Waals surface area contributed by atoms with Crippen LogP contribution in [0.1, 0.15) is 0 Å². The quantitative estimate of drug-likeness (QED) is 0.923.